The molecule has 1 aliphatic heterocycles. The number of aliphatic hydroxyl groups excluding tert-OH is 1. The molecule has 0 atom stereocenters. The molecule has 74 valence electrons. The molecule has 5 N–H and O–H groups in total. The summed E-state index contributed by atoms with van der Waals surface area (Å²) >= 11 is 0. The van der Waals surface area contributed by atoms with Crippen molar-refractivity contribution in [2.75, 3.05) is 0 Å². The molecule has 13 heavy (non-hydrogen) atoms. The third kappa shape index (κ3) is 2.30. The number of aliphatic hydroxyl groups is 1. The SMILES string of the molecule is CCCC1=C(O)O[P+](N)(N)OC1=O. The Balaban J connectivity index is 2.88. The van der Waals surface area contributed by atoms with Gasteiger partial charge in [0.2, 0.25) is 0 Å². The van der Waals surface area contributed by atoms with Gasteiger partial charge in [0.05, 0.1) is 0 Å². The molecule has 0 aliphatic carbocycles. The Kier molecular flexibility index (Phi) is 2.75. The first-order valence-electron chi connectivity index (χ1n) is 3.78. The number of nitrogens with two attached hydrogens (primary N) is 2. The predicted octanol–water partition coefficient (Wildman–Crippen LogP) is 0.725. The summed E-state index contributed by atoms with van der Waals surface area (Å²) in [5.74, 6) is -1.19. The van der Waals surface area contributed by atoms with Crippen LogP contribution in [0, 0.1) is 0 Å². The second-order valence-electron chi connectivity index (χ2n) is 2.65. The van der Waals surface area contributed by atoms with Crippen LogP contribution in [0.2, 0.25) is 0 Å². The summed E-state index contributed by atoms with van der Waals surface area (Å²) in [5.41, 5.74) is 10.6. The fraction of sp³-hybridized carbons (Fsp3) is 0.500. The molecule has 0 aromatic rings. The lowest BCUT2D eigenvalue weighted by Gasteiger charge is -2.18. The maximum absolute atomic E-state index is 11.2. The number of carbonyl (C=O) groups excluding carboxylic acids is 1. The summed E-state index contributed by atoms with van der Waals surface area (Å²) in [6.07, 6.45) is 1.07. The van der Waals surface area contributed by atoms with Crippen molar-refractivity contribution in [2.45, 2.75) is 19.8 Å². The van der Waals surface area contributed by atoms with Gasteiger partial charge in [-0.05, 0) is 6.42 Å². The first-order valence-corrected chi connectivity index (χ1v) is 5.54. The lowest BCUT2D eigenvalue weighted by atomic mass is 10.2. The van der Waals surface area contributed by atoms with E-state index >= 15 is 0 Å². The molecule has 7 heteroatoms. The lowest BCUT2D eigenvalue weighted by molar-refractivity contribution is -0.132. The molecule has 1 heterocycles. The van der Waals surface area contributed by atoms with Gasteiger partial charge in [-0.15, -0.1) is 11.0 Å². The summed E-state index contributed by atoms with van der Waals surface area (Å²) in [6, 6.07) is 0. The topological polar surface area (TPSA) is 108 Å². The van der Waals surface area contributed by atoms with Gasteiger partial charge < -0.3 is 5.11 Å². The van der Waals surface area contributed by atoms with Crippen molar-refractivity contribution in [3.8, 4) is 0 Å². The molecular weight excluding hydrogens is 195 g/mol. The molecule has 0 bridgehead atoms. The van der Waals surface area contributed by atoms with Crippen molar-refractivity contribution >= 4 is 14.0 Å². The van der Waals surface area contributed by atoms with Crippen LogP contribution in [0.3, 0.4) is 0 Å². The van der Waals surface area contributed by atoms with Crippen LogP contribution in [0.15, 0.2) is 11.5 Å². The van der Waals surface area contributed by atoms with Crippen LogP contribution in [0.4, 0.5) is 0 Å². The summed E-state index contributed by atoms with van der Waals surface area (Å²) in [4.78, 5) is 11.2. The summed E-state index contributed by atoms with van der Waals surface area (Å²) in [6.45, 7) is 1.86. The van der Waals surface area contributed by atoms with Crippen molar-refractivity contribution in [1.29, 1.82) is 0 Å². The van der Waals surface area contributed by atoms with E-state index in [4.69, 9.17) is 11.0 Å². The third-order valence-electron chi connectivity index (χ3n) is 1.46. The molecule has 1 aliphatic rings. The molecule has 0 radical (unpaired) electrons. The Morgan fingerprint density at radius 2 is 2.08 bits per heavy atom. The highest BCUT2D eigenvalue weighted by atomic mass is 31.2. The maximum Gasteiger partial charge on any atom is 0.522 e. The van der Waals surface area contributed by atoms with Gasteiger partial charge in [-0.1, -0.05) is 13.3 Å². The first-order chi connectivity index (χ1) is 5.96. The van der Waals surface area contributed by atoms with E-state index in [1.54, 1.807) is 0 Å². The molecule has 0 unspecified atom stereocenters. The third-order valence-corrected chi connectivity index (χ3v) is 2.37. The lowest BCUT2D eigenvalue weighted by Crippen LogP contribution is -2.28. The van der Waals surface area contributed by atoms with Crippen molar-refractivity contribution in [3.63, 3.8) is 0 Å². The average Bonchev–Trinajstić information content (AvgIpc) is 1.94. The summed E-state index contributed by atoms with van der Waals surface area (Å²) in [5, 5.41) is 9.23. The second-order valence-corrected chi connectivity index (χ2v) is 4.30. The highest BCUT2D eigenvalue weighted by molar-refractivity contribution is 7.62. The standard InChI is InChI=1S/C6H11N2O4P/c1-2-3-4-5(9)11-13(7,8)12-6(4)10/h2-3,7-8H2,1H3/p+1. The number of hydrogen-bond donors (Lipinski definition) is 3. The first kappa shape index (κ1) is 10.2. The van der Waals surface area contributed by atoms with Crippen LogP contribution in [-0.2, 0) is 13.8 Å². The zero-order valence-electron chi connectivity index (χ0n) is 7.19. The molecular formula is C6H12N2O4P+. The molecule has 6 nitrogen and oxygen atoms in total. The molecule has 0 fully saturated rings. The van der Waals surface area contributed by atoms with Crippen LogP contribution < -0.4 is 11.0 Å². The van der Waals surface area contributed by atoms with E-state index in [1.165, 1.54) is 0 Å². The Hall–Kier alpha value is -0.840. The minimum absolute atomic E-state index is 0.0917. The van der Waals surface area contributed by atoms with Gasteiger partial charge in [0.25, 0.3) is 0 Å². The molecule has 0 amide bonds. The average molecular weight is 207 g/mol. The van der Waals surface area contributed by atoms with Crippen LogP contribution in [0.25, 0.3) is 0 Å². The largest absolute Gasteiger partial charge is 0.522 e. The fourth-order valence-corrected chi connectivity index (χ4v) is 1.73. The van der Waals surface area contributed by atoms with Gasteiger partial charge in [-0.2, -0.15) is 0 Å². The van der Waals surface area contributed by atoms with Gasteiger partial charge in [0, 0.05) is 0 Å². The maximum atomic E-state index is 11.2. The van der Waals surface area contributed by atoms with E-state index in [-0.39, 0.29) is 5.57 Å². The minimum atomic E-state index is -3.17. The van der Waals surface area contributed by atoms with Crippen molar-refractivity contribution in [2.24, 2.45) is 11.0 Å². The normalized spacial score (nSPS) is 21.0. The van der Waals surface area contributed by atoms with Gasteiger partial charge in [0.1, 0.15) is 5.57 Å². The van der Waals surface area contributed by atoms with Crippen LogP contribution in [0.5, 0.6) is 0 Å². The monoisotopic (exact) mass is 207 g/mol. The quantitative estimate of drug-likeness (QED) is 0.576. The molecule has 1 rings (SSSR count). The minimum Gasteiger partial charge on any atom is -0.477 e. The molecule has 0 aromatic heterocycles. The second kappa shape index (κ2) is 3.49. The molecule has 0 saturated carbocycles. The Morgan fingerprint density at radius 1 is 1.46 bits per heavy atom. The Labute approximate surface area is 76.1 Å². The smallest absolute Gasteiger partial charge is 0.477 e. The molecule has 0 aromatic carbocycles. The highest BCUT2D eigenvalue weighted by Gasteiger charge is 2.47. The van der Waals surface area contributed by atoms with Crippen LogP contribution in [0.1, 0.15) is 19.8 Å². The predicted molar refractivity (Wildman–Crippen MR) is 47.0 cm³/mol. The Morgan fingerprint density at radius 3 is 2.54 bits per heavy atom. The van der Waals surface area contributed by atoms with Gasteiger partial charge >= 0.3 is 19.9 Å². The van der Waals surface area contributed by atoms with Crippen molar-refractivity contribution in [3.05, 3.63) is 11.5 Å². The van der Waals surface area contributed by atoms with E-state index in [1.807, 2.05) is 6.92 Å². The van der Waals surface area contributed by atoms with Gasteiger partial charge in [-0.25, -0.2) is 13.8 Å². The van der Waals surface area contributed by atoms with E-state index in [0.717, 1.165) is 0 Å². The van der Waals surface area contributed by atoms with E-state index < -0.39 is 19.9 Å². The van der Waals surface area contributed by atoms with Gasteiger partial charge in [0.15, 0.2) is 0 Å². The van der Waals surface area contributed by atoms with Crippen molar-refractivity contribution < 1.29 is 18.9 Å². The fourth-order valence-electron chi connectivity index (χ4n) is 0.940. The summed E-state index contributed by atoms with van der Waals surface area (Å²) < 4.78 is 9.26. The number of hydrogen-bond acceptors (Lipinski definition) is 6. The zero-order valence-corrected chi connectivity index (χ0v) is 8.08. The van der Waals surface area contributed by atoms with Crippen LogP contribution >= 0.6 is 8.02 Å². The molecule has 0 saturated heterocycles. The number of rotatable bonds is 2. The zero-order chi connectivity index (χ0) is 10.1. The van der Waals surface area contributed by atoms with Crippen molar-refractivity contribution in [1.82, 2.24) is 0 Å². The highest BCUT2D eigenvalue weighted by Crippen LogP contribution is 2.50. The Bertz CT molecular complexity index is 263. The van der Waals surface area contributed by atoms with E-state index in [0.29, 0.717) is 12.8 Å². The number of carbonyl (C=O) groups is 1. The van der Waals surface area contributed by atoms with Crippen LogP contribution in [-0.4, -0.2) is 11.1 Å². The molecule has 0 spiro atoms. The summed E-state index contributed by atoms with van der Waals surface area (Å²) in [7, 11) is -3.17. The van der Waals surface area contributed by atoms with E-state index in [2.05, 4.69) is 9.05 Å². The van der Waals surface area contributed by atoms with E-state index in [9.17, 15) is 9.90 Å². The van der Waals surface area contributed by atoms with Gasteiger partial charge in [-0.3, -0.25) is 0 Å².